The summed E-state index contributed by atoms with van der Waals surface area (Å²) in [4.78, 5) is 15.8. The lowest BCUT2D eigenvalue weighted by Crippen LogP contribution is -2.47. The standard InChI is InChI=1S/C21H39NO3/c1-13(2)19-10-17(12-24-7)11-22(19)21(23)20(14(3)4)18-8-15(5)25-16(6)9-18/h13-20H,8-12H2,1-7H3/t15?,16?,17?,18?,19-,20?/m0/s1. The molecule has 1 amide bonds. The van der Waals surface area contributed by atoms with Crippen molar-refractivity contribution in [2.45, 2.75) is 79.1 Å². The summed E-state index contributed by atoms with van der Waals surface area (Å²) in [7, 11) is 1.76. The van der Waals surface area contributed by atoms with Gasteiger partial charge in [0.1, 0.15) is 0 Å². The minimum atomic E-state index is 0.108. The van der Waals surface area contributed by atoms with E-state index in [1.807, 2.05) is 0 Å². The molecule has 146 valence electrons. The smallest absolute Gasteiger partial charge is 0.226 e. The zero-order chi connectivity index (χ0) is 18.7. The summed E-state index contributed by atoms with van der Waals surface area (Å²) in [5.74, 6) is 2.24. The van der Waals surface area contributed by atoms with Gasteiger partial charge < -0.3 is 14.4 Å². The van der Waals surface area contributed by atoms with Gasteiger partial charge in [-0.25, -0.2) is 0 Å². The van der Waals surface area contributed by atoms with Crippen LogP contribution in [-0.4, -0.2) is 49.3 Å². The van der Waals surface area contributed by atoms with Gasteiger partial charge in [-0.3, -0.25) is 4.79 Å². The minimum Gasteiger partial charge on any atom is -0.384 e. The molecule has 2 heterocycles. The Kier molecular flexibility index (Phi) is 7.33. The number of hydrogen-bond donors (Lipinski definition) is 0. The SMILES string of the molecule is COCC1C[C@@H](C(C)C)N(C(=O)C(C(C)C)C2CC(C)OC(C)C2)C1. The summed E-state index contributed by atoms with van der Waals surface area (Å²) in [6, 6.07) is 0.351. The summed E-state index contributed by atoms with van der Waals surface area (Å²) in [5.41, 5.74) is 0. The van der Waals surface area contributed by atoms with Gasteiger partial charge in [-0.15, -0.1) is 0 Å². The zero-order valence-electron chi connectivity index (χ0n) is 17.3. The van der Waals surface area contributed by atoms with Crippen LogP contribution in [0.25, 0.3) is 0 Å². The van der Waals surface area contributed by atoms with Gasteiger partial charge in [0.05, 0.1) is 18.8 Å². The van der Waals surface area contributed by atoms with E-state index in [9.17, 15) is 4.79 Å². The van der Waals surface area contributed by atoms with Crippen LogP contribution in [0.3, 0.4) is 0 Å². The molecular weight excluding hydrogens is 314 g/mol. The third-order valence-corrected chi connectivity index (χ3v) is 6.13. The third kappa shape index (κ3) is 4.97. The van der Waals surface area contributed by atoms with Crippen molar-refractivity contribution in [2.24, 2.45) is 29.6 Å². The van der Waals surface area contributed by atoms with E-state index in [0.29, 0.717) is 35.6 Å². The second-order valence-corrected chi connectivity index (χ2v) is 9.12. The van der Waals surface area contributed by atoms with Gasteiger partial charge in [0.2, 0.25) is 5.91 Å². The van der Waals surface area contributed by atoms with Crippen molar-refractivity contribution >= 4 is 5.91 Å². The number of likely N-dealkylation sites (tertiary alicyclic amines) is 1. The van der Waals surface area contributed by atoms with Crippen LogP contribution >= 0.6 is 0 Å². The Morgan fingerprint density at radius 1 is 1.12 bits per heavy atom. The Morgan fingerprint density at radius 2 is 1.72 bits per heavy atom. The summed E-state index contributed by atoms with van der Waals surface area (Å²) in [5, 5.41) is 0. The van der Waals surface area contributed by atoms with Crippen molar-refractivity contribution in [3.8, 4) is 0 Å². The quantitative estimate of drug-likeness (QED) is 0.725. The first kappa shape index (κ1) is 20.7. The van der Waals surface area contributed by atoms with Gasteiger partial charge in [0.25, 0.3) is 0 Å². The highest BCUT2D eigenvalue weighted by Crippen LogP contribution is 2.38. The van der Waals surface area contributed by atoms with Gasteiger partial charge in [-0.2, -0.15) is 0 Å². The van der Waals surface area contributed by atoms with E-state index in [1.54, 1.807) is 7.11 Å². The van der Waals surface area contributed by atoms with Crippen molar-refractivity contribution in [1.82, 2.24) is 4.90 Å². The molecule has 5 atom stereocenters. The van der Waals surface area contributed by atoms with Crippen LogP contribution < -0.4 is 0 Å². The second-order valence-electron chi connectivity index (χ2n) is 9.12. The van der Waals surface area contributed by atoms with Gasteiger partial charge in [-0.05, 0) is 50.9 Å². The average molecular weight is 354 g/mol. The molecule has 2 fully saturated rings. The molecular formula is C21H39NO3. The number of amides is 1. The molecule has 4 unspecified atom stereocenters. The van der Waals surface area contributed by atoms with E-state index in [-0.39, 0.29) is 18.1 Å². The van der Waals surface area contributed by atoms with Gasteiger partial charge in [-0.1, -0.05) is 27.7 Å². The van der Waals surface area contributed by atoms with Gasteiger partial charge in [0.15, 0.2) is 0 Å². The van der Waals surface area contributed by atoms with Crippen LogP contribution in [0.2, 0.25) is 0 Å². The molecule has 0 aliphatic carbocycles. The lowest BCUT2D eigenvalue weighted by molar-refractivity contribution is -0.145. The van der Waals surface area contributed by atoms with Crippen LogP contribution in [0.1, 0.15) is 60.8 Å². The Hall–Kier alpha value is -0.610. The summed E-state index contributed by atoms with van der Waals surface area (Å²) in [6.45, 7) is 14.8. The highest BCUT2D eigenvalue weighted by molar-refractivity contribution is 5.80. The Labute approximate surface area is 154 Å². The van der Waals surface area contributed by atoms with Gasteiger partial charge >= 0.3 is 0 Å². The van der Waals surface area contributed by atoms with E-state index in [0.717, 1.165) is 32.4 Å². The first-order valence-corrected chi connectivity index (χ1v) is 10.2. The maximum atomic E-state index is 13.6. The summed E-state index contributed by atoms with van der Waals surface area (Å²) >= 11 is 0. The molecule has 0 saturated carbocycles. The number of carbonyl (C=O) groups excluding carboxylic acids is 1. The predicted octanol–water partition coefficient (Wildman–Crippen LogP) is 3.98. The fourth-order valence-corrected chi connectivity index (χ4v) is 5.17. The number of ether oxygens (including phenoxy) is 2. The van der Waals surface area contributed by atoms with E-state index in [4.69, 9.17) is 9.47 Å². The Balaban J connectivity index is 2.18. The van der Waals surface area contributed by atoms with E-state index in [1.165, 1.54) is 0 Å². The van der Waals surface area contributed by atoms with Crippen molar-refractivity contribution < 1.29 is 14.3 Å². The number of carbonyl (C=O) groups is 1. The molecule has 2 aliphatic rings. The Morgan fingerprint density at radius 3 is 2.20 bits per heavy atom. The van der Waals surface area contributed by atoms with Crippen molar-refractivity contribution in [3.05, 3.63) is 0 Å². The highest BCUT2D eigenvalue weighted by atomic mass is 16.5. The van der Waals surface area contributed by atoms with Crippen molar-refractivity contribution in [3.63, 3.8) is 0 Å². The topological polar surface area (TPSA) is 38.8 Å². The second kappa shape index (κ2) is 8.85. The molecule has 0 aromatic heterocycles. The Bertz CT molecular complexity index is 427. The van der Waals surface area contributed by atoms with Crippen LogP contribution in [0.15, 0.2) is 0 Å². The molecule has 0 aromatic carbocycles. The molecule has 0 spiro atoms. The lowest BCUT2D eigenvalue weighted by atomic mass is 9.75. The van der Waals surface area contributed by atoms with Crippen LogP contribution in [0.4, 0.5) is 0 Å². The molecule has 2 aliphatic heterocycles. The average Bonchev–Trinajstić information content (AvgIpc) is 2.90. The summed E-state index contributed by atoms with van der Waals surface area (Å²) < 4.78 is 11.3. The number of rotatable bonds is 6. The van der Waals surface area contributed by atoms with Gasteiger partial charge in [0, 0.05) is 31.5 Å². The zero-order valence-corrected chi connectivity index (χ0v) is 17.3. The number of nitrogens with zero attached hydrogens (tertiary/aromatic N) is 1. The molecule has 25 heavy (non-hydrogen) atoms. The maximum Gasteiger partial charge on any atom is 0.226 e. The molecule has 2 rings (SSSR count). The predicted molar refractivity (Wildman–Crippen MR) is 101 cm³/mol. The molecule has 0 aromatic rings. The highest BCUT2D eigenvalue weighted by Gasteiger charge is 2.43. The molecule has 2 saturated heterocycles. The van der Waals surface area contributed by atoms with Crippen molar-refractivity contribution in [2.75, 3.05) is 20.3 Å². The summed E-state index contributed by atoms with van der Waals surface area (Å²) in [6.07, 6.45) is 3.58. The number of methoxy groups -OCH3 is 1. The first-order valence-electron chi connectivity index (χ1n) is 10.2. The maximum absolute atomic E-state index is 13.6. The minimum absolute atomic E-state index is 0.108. The fraction of sp³-hybridized carbons (Fsp3) is 0.952. The molecule has 0 N–H and O–H groups in total. The van der Waals surface area contributed by atoms with Crippen LogP contribution in [0, 0.1) is 29.6 Å². The lowest BCUT2D eigenvalue weighted by Gasteiger charge is -2.40. The first-order chi connectivity index (χ1) is 11.7. The molecule has 4 nitrogen and oxygen atoms in total. The molecule has 4 heteroatoms. The van der Waals surface area contributed by atoms with Crippen molar-refractivity contribution in [1.29, 1.82) is 0 Å². The fourth-order valence-electron chi connectivity index (χ4n) is 5.17. The normalized spacial score (nSPS) is 34.8. The third-order valence-electron chi connectivity index (χ3n) is 6.13. The largest absolute Gasteiger partial charge is 0.384 e. The molecule has 0 bridgehead atoms. The van der Waals surface area contributed by atoms with Crippen LogP contribution in [0.5, 0.6) is 0 Å². The monoisotopic (exact) mass is 353 g/mol. The van der Waals surface area contributed by atoms with E-state index >= 15 is 0 Å². The van der Waals surface area contributed by atoms with E-state index < -0.39 is 0 Å². The van der Waals surface area contributed by atoms with E-state index in [2.05, 4.69) is 46.4 Å². The number of hydrogen-bond acceptors (Lipinski definition) is 3. The van der Waals surface area contributed by atoms with Crippen LogP contribution in [-0.2, 0) is 14.3 Å². The molecule has 0 radical (unpaired) electrons.